The summed E-state index contributed by atoms with van der Waals surface area (Å²) in [4.78, 5) is 23.9. The average molecular weight is 286 g/mol. The summed E-state index contributed by atoms with van der Waals surface area (Å²) in [5.41, 5.74) is 3.27. The van der Waals surface area contributed by atoms with Crippen LogP contribution in [0.4, 0.5) is 0 Å². The van der Waals surface area contributed by atoms with Crippen molar-refractivity contribution in [1.29, 1.82) is 0 Å². The molecular weight excluding hydrogens is 264 g/mol. The molecule has 0 spiro atoms. The van der Waals surface area contributed by atoms with Gasteiger partial charge < -0.3 is 5.11 Å². The summed E-state index contributed by atoms with van der Waals surface area (Å²) in [6.07, 6.45) is 6.80. The maximum absolute atomic E-state index is 12.3. The van der Waals surface area contributed by atoms with Crippen LogP contribution < -0.4 is 0 Å². The molecule has 3 heteroatoms. The van der Waals surface area contributed by atoms with Crippen LogP contribution in [0.1, 0.15) is 51.9 Å². The number of rotatable bonds is 0. The summed E-state index contributed by atoms with van der Waals surface area (Å²) in [5, 5.41) is 10.7. The Hall–Kier alpha value is -1.22. The van der Waals surface area contributed by atoms with E-state index >= 15 is 0 Å². The Kier molecular flexibility index (Phi) is 2.81. The molecule has 1 N–H and O–H groups in total. The van der Waals surface area contributed by atoms with Gasteiger partial charge in [-0.3, -0.25) is 9.59 Å². The zero-order valence-corrected chi connectivity index (χ0v) is 12.5. The van der Waals surface area contributed by atoms with E-state index in [0.29, 0.717) is 36.9 Å². The summed E-state index contributed by atoms with van der Waals surface area (Å²) in [6.45, 7) is 2.06. The monoisotopic (exact) mass is 286 g/mol. The first-order chi connectivity index (χ1) is 10.0. The van der Waals surface area contributed by atoms with Crippen molar-refractivity contribution < 1.29 is 14.7 Å². The summed E-state index contributed by atoms with van der Waals surface area (Å²) in [5.74, 6) is 1.32. The second-order valence-electron chi connectivity index (χ2n) is 7.42. The Balaban J connectivity index is 1.81. The van der Waals surface area contributed by atoms with Crippen molar-refractivity contribution in [1.82, 2.24) is 0 Å². The number of hydrogen-bond donors (Lipinski definition) is 1. The maximum atomic E-state index is 12.3. The number of carbonyl (C=O) groups is 2. The van der Waals surface area contributed by atoms with Crippen LogP contribution in [0.15, 0.2) is 22.8 Å². The Morgan fingerprint density at radius 3 is 2.76 bits per heavy atom. The molecule has 4 rings (SSSR count). The van der Waals surface area contributed by atoms with E-state index < -0.39 is 6.10 Å². The molecule has 0 bridgehead atoms. The minimum absolute atomic E-state index is 0.221. The first-order valence-electron chi connectivity index (χ1n) is 8.19. The van der Waals surface area contributed by atoms with Gasteiger partial charge in [-0.05, 0) is 66.7 Å². The first kappa shape index (κ1) is 13.4. The van der Waals surface area contributed by atoms with Crippen molar-refractivity contribution in [3.8, 4) is 0 Å². The molecule has 2 fully saturated rings. The number of hydrogen-bond acceptors (Lipinski definition) is 3. The van der Waals surface area contributed by atoms with E-state index in [1.54, 1.807) is 6.08 Å². The van der Waals surface area contributed by atoms with Gasteiger partial charge in [0.15, 0.2) is 5.78 Å². The highest BCUT2D eigenvalue weighted by Crippen LogP contribution is 2.58. The van der Waals surface area contributed by atoms with Crippen molar-refractivity contribution in [2.24, 2.45) is 17.3 Å². The zero-order valence-electron chi connectivity index (χ0n) is 12.5. The third kappa shape index (κ3) is 1.76. The van der Waals surface area contributed by atoms with Crippen LogP contribution in [0, 0.1) is 17.3 Å². The van der Waals surface area contributed by atoms with Gasteiger partial charge in [-0.15, -0.1) is 0 Å². The van der Waals surface area contributed by atoms with Gasteiger partial charge in [-0.25, -0.2) is 0 Å². The van der Waals surface area contributed by atoms with Crippen molar-refractivity contribution >= 4 is 11.6 Å². The number of Topliss-reactive ketones (excluding diaryl/α,β-unsaturated/α-hetero) is 1. The van der Waals surface area contributed by atoms with Crippen molar-refractivity contribution in [2.45, 2.75) is 58.0 Å². The van der Waals surface area contributed by atoms with Crippen LogP contribution in [0.3, 0.4) is 0 Å². The lowest BCUT2D eigenvalue weighted by Gasteiger charge is -2.48. The Bertz CT molecular complexity index is 598. The van der Waals surface area contributed by atoms with Crippen LogP contribution in [0.2, 0.25) is 0 Å². The molecule has 4 atom stereocenters. The highest BCUT2D eigenvalue weighted by atomic mass is 16.3. The highest BCUT2D eigenvalue weighted by Gasteiger charge is 2.56. The summed E-state index contributed by atoms with van der Waals surface area (Å²) < 4.78 is 0. The predicted molar refractivity (Wildman–Crippen MR) is 78.5 cm³/mol. The summed E-state index contributed by atoms with van der Waals surface area (Å²) >= 11 is 0. The van der Waals surface area contributed by atoms with E-state index in [0.717, 1.165) is 31.3 Å². The fourth-order valence-electron chi connectivity index (χ4n) is 5.39. The maximum Gasteiger partial charge on any atom is 0.156 e. The number of aliphatic hydroxyl groups excluding tert-OH is 1. The van der Waals surface area contributed by atoms with E-state index in [9.17, 15) is 14.7 Å². The lowest BCUT2D eigenvalue weighted by atomic mass is 9.56. The minimum atomic E-state index is -0.495. The van der Waals surface area contributed by atoms with Gasteiger partial charge in [0.05, 0.1) is 6.10 Å². The van der Waals surface area contributed by atoms with Gasteiger partial charge in [-0.2, -0.15) is 0 Å². The summed E-state index contributed by atoms with van der Waals surface area (Å²) in [7, 11) is 0. The topological polar surface area (TPSA) is 54.4 Å². The van der Waals surface area contributed by atoms with E-state index in [-0.39, 0.29) is 11.2 Å². The number of allylic oxidation sites excluding steroid dienone is 3. The molecule has 0 aromatic heterocycles. The van der Waals surface area contributed by atoms with Crippen LogP contribution in [0.25, 0.3) is 0 Å². The van der Waals surface area contributed by atoms with E-state index in [2.05, 4.69) is 6.92 Å². The fourth-order valence-corrected chi connectivity index (χ4v) is 5.39. The van der Waals surface area contributed by atoms with Gasteiger partial charge in [0.2, 0.25) is 0 Å². The van der Waals surface area contributed by atoms with Crippen molar-refractivity contribution in [2.75, 3.05) is 0 Å². The zero-order chi connectivity index (χ0) is 14.8. The molecule has 21 heavy (non-hydrogen) atoms. The Morgan fingerprint density at radius 2 is 1.95 bits per heavy atom. The number of carbonyl (C=O) groups excluding carboxylic acids is 2. The Labute approximate surface area is 125 Å². The number of ketones is 2. The molecule has 0 saturated heterocycles. The second kappa shape index (κ2) is 4.39. The number of aliphatic hydroxyl groups is 1. The summed E-state index contributed by atoms with van der Waals surface area (Å²) in [6, 6.07) is 0. The molecule has 0 heterocycles. The Morgan fingerprint density at radius 1 is 1.14 bits per heavy atom. The normalized spacial score (nSPS) is 42.4. The van der Waals surface area contributed by atoms with Crippen LogP contribution in [-0.2, 0) is 9.59 Å². The van der Waals surface area contributed by atoms with E-state index in [1.807, 2.05) is 0 Å². The molecule has 4 aliphatic carbocycles. The molecule has 4 aliphatic rings. The van der Waals surface area contributed by atoms with Crippen LogP contribution in [0.5, 0.6) is 0 Å². The lowest BCUT2D eigenvalue weighted by Crippen LogP contribution is -2.46. The smallest absolute Gasteiger partial charge is 0.156 e. The van der Waals surface area contributed by atoms with E-state index in [4.69, 9.17) is 0 Å². The fraction of sp³-hybridized carbons (Fsp3) is 0.667. The van der Waals surface area contributed by atoms with Gasteiger partial charge in [0.1, 0.15) is 5.78 Å². The lowest BCUT2D eigenvalue weighted by molar-refractivity contribution is -0.130. The molecule has 0 aromatic rings. The minimum Gasteiger partial charge on any atom is -0.389 e. The standard InChI is InChI=1S/C18H22O3/c1-18-9-15(20)17-12-5-3-11(19)8-10(12)2-4-13(17)14(18)6-7-16(18)21/h8,13-15,20H,2-7,9H2,1H3/t13-,14-,15-,18-/m0/s1. The molecule has 0 aromatic carbocycles. The van der Waals surface area contributed by atoms with E-state index in [1.165, 1.54) is 11.1 Å². The third-order valence-electron chi connectivity index (χ3n) is 6.42. The molecule has 0 aliphatic heterocycles. The van der Waals surface area contributed by atoms with Gasteiger partial charge in [0, 0.05) is 18.3 Å². The third-order valence-corrected chi connectivity index (χ3v) is 6.42. The molecule has 2 saturated carbocycles. The molecule has 3 nitrogen and oxygen atoms in total. The highest BCUT2D eigenvalue weighted by molar-refractivity contribution is 5.93. The SMILES string of the molecule is C[C@]12C[C@H](O)C3=C4CCC(=O)C=C4CC[C@H]3[C@@H]1CCC2=O. The number of fused-ring (bicyclic) bond motifs is 4. The molecule has 0 radical (unpaired) electrons. The van der Waals surface area contributed by atoms with Gasteiger partial charge in [0.25, 0.3) is 0 Å². The largest absolute Gasteiger partial charge is 0.389 e. The molecule has 0 amide bonds. The van der Waals surface area contributed by atoms with Crippen molar-refractivity contribution in [3.63, 3.8) is 0 Å². The van der Waals surface area contributed by atoms with Crippen molar-refractivity contribution in [3.05, 3.63) is 22.8 Å². The average Bonchev–Trinajstić information content (AvgIpc) is 2.74. The molecule has 0 unspecified atom stereocenters. The molecule has 112 valence electrons. The molecular formula is C18H22O3. The second-order valence-corrected chi connectivity index (χ2v) is 7.42. The predicted octanol–water partition coefficient (Wildman–Crippen LogP) is 2.73. The van der Waals surface area contributed by atoms with Gasteiger partial charge >= 0.3 is 0 Å². The van der Waals surface area contributed by atoms with Gasteiger partial charge in [-0.1, -0.05) is 6.92 Å². The van der Waals surface area contributed by atoms with Crippen LogP contribution in [-0.4, -0.2) is 22.8 Å². The quantitative estimate of drug-likeness (QED) is 0.745. The first-order valence-corrected chi connectivity index (χ1v) is 8.19. The van der Waals surface area contributed by atoms with Crippen LogP contribution >= 0.6 is 0 Å².